The van der Waals surface area contributed by atoms with E-state index >= 15 is 0 Å². The van der Waals surface area contributed by atoms with Gasteiger partial charge < -0.3 is 9.72 Å². The highest BCUT2D eigenvalue weighted by atomic mass is 16.5. The largest absolute Gasteiger partial charge is 0.462 e. The first-order valence-corrected chi connectivity index (χ1v) is 8.21. The van der Waals surface area contributed by atoms with Crippen molar-refractivity contribution >= 4 is 29.5 Å². The predicted molar refractivity (Wildman–Crippen MR) is 96.3 cm³/mol. The zero-order chi connectivity index (χ0) is 18.8. The van der Waals surface area contributed by atoms with Gasteiger partial charge in [-0.3, -0.25) is 15.0 Å². The maximum Gasteiger partial charge on any atom is 0.338 e. The third-order valence-corrected chi connectivity index (χ3v) is 4.02. The molecule has 1 aromatic carbocycles. The van der Waals surface area contributed by atoms with Gasteiger partial charge in [0.2, 0.25) is 0 Å². The lowest BCUT2D eigenvalue weighted by atomic mass is 10.1. The Labute approximate surface area is 150 Å². The van der Waals surface area contributed by atoms with Crippen molar-refractivity contribution in [2.24, 2.45) is 0 Å². The number of amides is 2. The number of aromatic amines is 1. The SMILES string of the molecule is CCOC(=O)c1ccc(N2NC(=O)/C(=C\c3cc(C)[nH]c3C)C2=O)cc1. The van der Waals surface area contributed by atoms with Crippen LogP contribution in [-0.4, -0.2) is 29.4 Å². The molecule has 1 aliphatic heterocycles. The summed E-state index contributed by atoms with van der Waals surface area (Å²) in [5.74, 6) is -1.35. The summed E-state index contributed by atoms with van der Waals surface area (Å²) < 4.78 is 4.93. The van der Waals surface area contributed by atoms with Crippen LogP contribution >= 0.6 is 0 Å². The highest BCUT2D eigenvalue weighted by Crippen LogP contribution is 2.23. The molecule has 134 valence electrons. The van der Waals surface area contributed by atoms with Crippen LogP contribution in [0.5, 0.6) is 0 Å². The molecule has 26 heavy (non-hydrogen) atoms. The molecule has 0 aliphatic carbocycles. The molecular weight excluding hydrogens is 334 g/mol. The third kappa shape index (κ3) is 3.23. The zero-order valence-electron chi connectivity index (χ0n) is 14.8. The molecule has 0 radical (unpaired) electrons. The Morgan fingerprint density at radius 2 is 1.88 bits per heavy atom. The molecule has 1 aromatic heterocycles. The van der Waals surface area contributed by atoms with Crippen molar-refractivity contribution in [3.05, 3.63) is 58.4 Å². The van der Waals surface area contributed by atoms with Gasteiger partial charge in [-0.05, 0) is 62.7 Å². The van der Waals surface area contributed by atoms with Crippen molar-refractivity contribution in [1.82, 2.24) is 10.4 Å². The van der Waals surface area contributed by atoms with E-state index in [0.29, 0.717) is 11.3 Å². The summed E-state index contributed by atoms with van der Waals surface area (Å²) in [5, 5.41) is 1.16. The van der Waals surface area contributed by atoms with Crippen LogP contribution in [0, 0.1) is 13.8 Å². The number of hydrogen-bond acceptors (Lipinski definition) is 4. The summed E-state index contributed by atoms with van der Waals surface area (Å²) in [7, 11) is 0. The number of aromatic nitrogens is 1. The van der Waals surface area contributed by atoms with E-state index in [1.54, 1.807) is 37.3 Å². The highest BCUT2D eigenvalue weighted by molar-refractivity contribution is 6.31. The van der Waals surface area contributed by atoms with Crippen LogP contribution in [0.2, 0.25) is 0 Å². The molecule has 1 aliphatic rings. The molecule has 2 amide bonds. The van der Waals surface area contributed by atoms with E-state index in [1.807, 2.05) is 19.9 Å². The Morgan fingerprint density at radius 1 is 1.19 bits per heavy atom. The highest BCUT2D eigenvalue weighted by Gasteiger charge is 2.34. The van der Waals surface area contributed by atoms with E-state index in [4.69, 9.17) is 4.74 Å². The molecule has 0 unspecified atom stereocenters. The minimum atomic E-state index is -0.470. The number of nitrogens with one attached hydrogen (secondary N) is 2. The lowest BCUT2D eigenvalue weighted by Gasteiger charge is -2.14. The van der Waals surface area contributed by atoms with Crippen LogP contribution in [0.15, 0.2) is 35.9 Å². The van der Waals surface area contributed by atoms with Crippen molar-refractivity contribution in [2.45, 2.75) is 20.8 Å². The number of carbonyl (C=O) groups is 3. The van der Waals surface area contributed by atoms with Crippen LogP contribution in [0.3, 0.4) is 0 Å². The molecule has 2 aromatic rings. The third-order valence-electron chi connectivity index (χ3n) is 4.02. The molecule has 2 N–H and O–H groups in total. The number of benzene rings is 1. The summed E-state index contributed by atoms with van der Waals surface area (Å²) in [6.45, 7) is 5.80. The van der Waals surface area contributed by atoms with Crippen molar-refractivity contribution in [3.63, 3.8) is 0 Å². The van der Waals surface area contributed by atoms with Gasteiger partial charge in [0.1, 0.15) is 5.57 Å². The first-order chi connectivity index (χ1) is 12.4. The van der Waals surface area contributed by atoms with Crippen molar-refractivity contribution in [3.8, 4) is 0 Å². The maximum absolute atomic E-state index is 12.6. The Kier molecular flexibility index (Phi) is 4.62. The second-order valence-corrected chi connectivity index (χ2v) is 5.94. The fraction of sp³-hybridized carbons (Fsp3) is 0.211. The number of aryl methyl sites for hydroxylation is 2. The first-order valence-electron chi connectivity index (χ1n) is 8.21. The van der Waals surface area contributed by atoms with Gasteiger partial charge in [0.05, 0.1) is 17.9 Å². The smallest absolute Gasteiger partial charge is 0.338 e. The maximum atomic E-state index is 12.6. The van der Waals surface area contributed by atoms with E-state index in [1.165, 1.54) is 0 Å². The molecule has 0 saturated carbocycles. The van der Waals surface area contributed by atoms with Gasteiger partial charge >= 0.3 is 5.97 Å². The van der Waals surface area contributed by atoms with E-state index in [-0.39, 0.29) is 12.2 Å². The van der Waals surface area contributed by atoms with E-state index in [2.05, 4.69) is 10.4 Å². The minimum Gasteiger partial charge on any atom is -0.462 e. The van der Waals surface area contributed by atoms with Gasteiger partial charge in [-0.15, -0.1) is 0 Å². The van der Waals surface area contributed by atoms with Crippen LogP contribution in [-0.2, 0) is 14.3 Å². The summed E-state index contributed by atoms with van der Waals surface area (Å²) in [6.07, 6.45) is 1.57. The monoisotopic (exact) mass is 353 g/mol. The van der Waals surface area contributed by atoms with Crippen LogP contribution in [0.25, 0.3) is 6.08 Å². The Bertz CT molecular complexity index is 909. The number of rotatable bonds is 4. The molecule has 3 rings (SSSR count). The fourth-order valence-corrected chi connectivity index (χ4v) is 2.75. The molecule has 2 heterocycles. The Morgan fingerprint density at radius 3 is 2.46 bits per heavy atom. The lowest BCUT2D eigenvalue weighted by Crippen LogP contribution is -2.35. The topological polar surface area (TPSA) is 91.5 Å². The van der Waals surface area contributed by atoms with Gasteiger partial charge in [-0.1, -0.05) is 0 Å². The van der Waals surface area contributed by atoms with Crippen molar-refractivity contribution < 1.29 is 19.1 Å². The summed E-state index contributed by atoms with van der Waals surface area (Å²) in [6, 6.07) is 8.14. The molecule has 0 atom stereocenters. The predicted octanol–water partition coefficient (Wildman–Crippen LogP) is 2.27. The second-order valence-electron chi connectivity index (χ2n) is 5.94. The van der Waals surface area contributed by atoms with Gasteiger partial charge in [-0.25, -0.2) is 9.80 Å². The first kappa shape index (κ1) is 17.5. The summed E-state index contributed by atoms with van der Waals surface area (Å²) >= 11 is 0. The summed E-state index contributed by atoms with van der Waals surface area (Å²) in [4.78, 5) is 39.7. The average Bonchev–Trinajstić information content (AvgIpc) is 3.08. The van der Waals surface area contributed by atoms with Gasteiger partial charge in [0, 0.05) is 11.4 Å². The van der Waals surface area contributed by atoms with Gasteiger partial charge in [0.15, 0.2) is 0 Å². The number of ether oxygens (including phenoxy) is 1. The zero-order valence-corrected chi connectivity index (χ0v) is 14.8. The van der Waals surface area contributed by atoms with Crippen LogP contribution in [0.1, 0.15) is 34.2 Å². The molecule has 7 nitrogen and oxygen atoms in total. The molecular formula is C19H19N3O4. The van der Waals surface area contributed by atoms with Crippen LogP contribution < -0.4 is 10.4 Å². The van der Waals surface area contributed by atoms with E-state index in [9.17, 15) is 14.4 Å². The van der Waals surface area contributed by atoms with E-state index in [0.717, 1.165) is 22.0 Å². The molecule has 0 spiro atoms. The number of carbonyl (C=O) groups excluding carboxylic acids is 3. The normalized spacial score (nSPS) is 15.5. The lowest BCUT2D eigenvalue weighted by molar-refractivity contribution is -0.117. The van der Waals surface area contributed by atoms with Crippen LogP contribution in [0.4, 0.5) is 5.69 Å². The molecule has 1 saturated heterocycles. The number of hydrazine groups is 1. The Hall–Kier alpha value is -3.35. The number of H-pyrrole nitrogens is 1. The quantitative estimate of drug-likeness (QED) is 0.501. The number of anilines is 1. The number of hydrogen-bond donors (Lipinski definition) is 2. The second kappa shape index (κ2) is 6.87. The minimum absolute atomic E-state index is 0.0570. The van der Waals surface area contributed by atoms with Gasteiger partial charge in [-0.2, -0.15) is 0 Å². The molecule has 0 bridgehead atoms. The summed E-state index contributed by atoms with van der Waals surface area (Å²) in [5.41, 5.74) is 6.06. The van der Waals surface area contributed by atoms with Crippen molar-refractivity contribution in [1.29, 1.82) is 0 Å². The standard InChI is InChI=1S/C19H19N3O4/c1-4-26-19(25)13-5-7-15(8-6-13)22-18(24)16(17(23)21-22)10-14-9-11(2)20-12(14)3/h5-10,20H,4H2,1-3H3,(H,21,23)/b16-10+. The molecule has 1 fully saturated rings. The van der Waals surface area contributed by atoms with E-state index < -0.39 is 17.8 Å². The van der Waals surface area contributed by atoms with Crippen molar-refractivity contribution in [2.75, 3.05) is 11.6 Å². The molecule has 7 heteroatoms. The average molecular weight is 353 g/mol. The number of esters is 1. The fourth-order valence-electron chi connectivity index (χ4n) is 2.75. The Balaban J connectivity index is 1.85. The number of nitrogens with zero attached hydrogens (tertiary/aromatic N) is 1. The van der Waals surface area contributed by atoms with Gasteiger partial charge in [0.25, 0.3) is 11.8 Å².